The molecule has 1 aliphatic heterocycles. The van der Waals surface area contributed by atoms with Crippen LogP contribution in [0, 0.1) is 10.1 Å². The molecule has 39 heavy (non-hydrogen) atoms. The van der Waals surface area contributed by atoms with E-state index < -0.39 is 8.32 Å². The standard InChI is InChI=1S/C31H41N3O4Si/c1-31(2,3)39(27-11-7-5-8-12-27,28-13-9-6-10-14-28)38-22-21-37-20-17-25-23-26(34(35)36)15-16-29(25)30-24-33(4)19-18-32-30/h5-16,23,30,32H,17-22,24H2,1-4H3. The SMILES string of the molecule is CN1CCNC(c2ccc([N+](=O)[O-])cc2CCOCCO[Si](c2ccccc2)(c2ccccc2)C(C)(C)C)C1. The molecule has 0 spiro atoms. The number of nitro benzene ring substituents is 1. The van der Waals surface area contributed by atoms with Crippen molar-refractivity contribution in [2.75, 3.05) is 46.5 Å². The zero-order valence-corrected chi connectivity index (χ0v) is 24.6. The van der Waals surface area contributed by atoms with Crippen molar-refractivity contribution >= 4 is 24.4 Å². The van der Waals surface area contributed by atoms with Gasteiger partial charge in [-0.05, 0) is 40.0 Å². The molecule has 4 rings (SSSR count). The number of non-ortho nitro benzene ring substituents is 1. The molecule has 0 radical (unpaired) electrons. The molecule has 0 saturated carbocycles. The quantitative estimate of drug-likeness (QED) is 0.167. The molecule has 1 aliphatic rings. The van der Waals surface area contributed by atoms with Gasteiger partial charge in [-0.2, -0.15) is 0 Å². The van der Waals surface area contributed by atoms with Gasteiger partial charge in [0.25, 0.3) is 14.0 Å². The van der Waals surface area contributed by atoms with Crippen molar-refractivity contribution in [3.63, 3.8) is 0 Å². The minimum absolute atomic E-state index is 0.0895. The third-order valence-corrected chi connectivity index (χ3v) is 12.6. The van der Waals surface area contributed by atoms with Crippen LogP contribution in [0.15, 0.2) is 78.9 Å². The number of ether oxygens (including phenoxy) is 1. The number of nitro groups is 1. The van der Waals surface area contributed by atoms with Crippen LogP contribution >= 0.6 is 0 Å². The lowest BCUT2D eigenvalue weighted by molar-refractivity contribution is -0.384. The Morgan fingerprint density at radius 1 is 0.974 bits per heavy atom. The van der Waals surface area contributed by atoms with Gasteiger partial charge in [-0.1, -0.05) is 87.5 Å². The van der Waals surface area contributed by atoms with E-state index in [0.717, 1.165) is 30.8 Å². The number of benzene rings is 3. The van der Waals surface area contributed by atoms with Crippen LogP contribution in [-0.2, 0) is 15.6 Å². The van der Waals surface area contributed by atoms with E-state index in [9.17, 15) is 10.1 Å². The van der Waals surface area contributed by atoms with Crippen molar-refractivity contribution in [1.82, 2.24) is 10.2 Å². The van der Waals surface area contributed by atoms with Gasteiger partial charge < -0.3 is 19.4 Å². The highest BCUT2D eigenvalue weighted by Crippen LogP contribution is 2.36. The fourth-order valence-electron chi connectivity index (χ4n) is 5.67. The molecule has 1 heterocycles. The van der Waals surface area contributed by atoms with Crippen LogP contribution in [0.4, 0.5) is 5.69 Å². The minimum atomic E-state index is -2.60. The van der Waals surface area contributed by atoms with Crippen LogP contribution in [0.25, 0.3) is 0 Å². The molecule has 0 amide bonds. The number of nitrogens with one attached hydrogen (secondary N) is 1. The van der Waals surface area contributed by atoms with Crippen molar-refractivity contribution in [2.45, 2.75) is 38.3 Å². The Bertz CT molecular complexity index is 1180. The van der Waals surface area contributed by atoms with E-state index in [1.807, 2.05) is 18.2 Å². The van der Waals surface area contributed by atoms with E-state index in [-0.39, 0.29) is 21.7 Å². The molecule has 1 fully saturated rings. The zero-order valence-electron chi connectivity index (χ0n) is 23.6. The average Bonchev–Trinajstić information content (AvgIpc) is 2.93. The van der Waals surface area contributed by atoms with Crippen LogP contribution in [0.1, 0.15) is 37.9 Å². The Hall–Kier alpha value is -2.88. The van der Waals surface area contributed by atoms with Gasteiger partial charge in [0, 0.05) is 37.8 Å². The van der Waals surface area contributed by atoms with Crippen molar-refractivity contribution in [2.24, 2.45) is 0 Å². The van der Waals surface area contributed by atoms with Crippen LogP contribution in [0.3, 0.4) is 0 Å². The van der Waals surface area contributed by atoms with Gasteiger partial charge in [0.05, 0.1) is 24.7 Å². The van der Waals surface area contributed by atoms with Gasteiger partial charge in [-0.25, -0.2) is 0 Å². The van der Waals surface area contributed by atoms with Gasteiger partial charge in [-0.3, -0.25) is 10.1 Å². The highest BCUT2D eigenvalue weighted by molar-refractivity contribution is 6.99. The Labute approximate surface area is 233 Å². The number of nitrogens with zero attached hydrogens (tertiary/aromatic N) is 2. The van der Waals surface area contributed by atoms with E-state index in [2.05, 4.69) is 86.6 Å². The molecule has 0 bridgehead atoms. The predicted octanol–water partition coefficient (Wildman–Crippen LogP) is 4.31. The lowest BCUT2D eigenvalue weighted by atomic mass is 9.96. The molecule has 3 aromatic carbocycles. The fourth-order valence-corrected chi connectivity index (χ4v) is 10.2. The monoisotopic (exact) mass is 547 g/mol. The second kappa shape index (κ2) is 13.0. The van der Waals surface area contributed by atoms with E-state index in [1.54, 1.807) is 12.1 Å². The lowest BCUT2D eigenvalue weighted by Gasteiger charge is -2.43. The Morgan fingerprint density at radius 2 is 1.62 bits per heavy atom. The first-order chi connectivity index (χ1) is 18.7. The molecule has 7 nitrogen and oxygen atoms in total. The Kier molecular flexibility index (Phi) is 9.69. The predicted molar refractivity (Wildman–Crippen MR) is 159 cm³/mol. The molecule has 208 valence electrons. The number of hydrogen-bond donors (Lipinski definition) is 1. The van der Waals surface area contributed by atoms with Crippen molar-refractivity contribution in [1.29, 1.82) is 0 Å². The second-order valence-electron chi connectivity index (χ2n) is 11.3. The summed E-state index contributed by atoms with van der Waals surface area (Å²) in [5.41, 5.74) is 2.19. The Balaban J connectivity index is 1.44. The molecule has 0 aromatic heterocycles. The first kappa shape index (κ1) is 29.1. The average molecular weight is 548 g/mol. The highest BCUT2D eigenvalue weighted by Gasteiger charge is 2.50. The van der Waals surface area contributed by atoms with E-state index in [1.165, 1.54) is 10.4 Å². The van der Waals surface area contributed by atoms with Crippen LogP contribution in [0.5, 0.6) is 0 Å². The molecular weight excluding hydrogens is 506 g/mol. The first-order valence-electron chi connectivity index (χ1n) is 13.7. The molecule has 1 saturated heterocycles. The number of rotatable bonds is 11. The largest absolute Gasteiger partial charge is 0.405 e. The molecule has 1 unspecified atom stereocenters. The zero-order chi connectivity index (χ0) is 27.9. The van der Waals surface area contributed by atoms with Gasteiger partial charge in [0.15, 0.2) is 0 Å². The third kappa shape index (κ3) is 6.83. The second-order valence-corrected chi connectivity index (χ2v) is 15.6. The number of piperazine rings is 1. The first-order valence-corrected chi connectivity index (χ1v) is 15.6. The van der Waals surface area contributed by atoms with E-state index in [4.69, 9.17) is 9.16 Å². The van der Waals surface area contributed by atoms with Crippen molar-refractivity contribution in [3.05, 3.63) is 100 Å². The van der Waals surface area contributed by atoms with Gasteiger partial charge in [-0.15, -0.1) is 0 Å². The minimum Gasteiger partial charge on any atom is -0.405 e. The third-order valence-electron chi connectivity index (χ3n) is 7.57. The summed E-state index contributed by atoms with van der Waals surface area (Å²) in [6.45, 7) is 11.0. The van der Waals surface area contributed by atoms with Gasteiger partial charge in [0.1, 0.15) is 0 Å². The molecule has 8 heteroatoms. The highest BCUT2D eigenvalue weighted by atomic mass is 28.4. The van der Waals surface area contributed by atoms with Crippen LogP contribution in [0.2, 0.25) is 5.04 Å². The Morgan fingerprint density at radius 3 is 2.18 bits per heavy atom. The summed E-state index contributed by atoms with van der Waals surface area (Å²) in [7, 11) is -0.494. The van der Waals surface area contributed by atoms with Gasteiger partial charge >= 0.3 is 0 Å². The molecular formula is C31H41N3O4Si. The summed E-state index contributed by atoms with van der Waals surface area (Å²) in [6.07, 6.45) is 0.609. The normalized spacial score (nSPS) is 16.8. The summed E-state index contributed by atoms with van der Waals surface area (Å²) >= 11 is 0. The van der Waals surface area contributed by atoms with Crippen LogP contribution in [-0.4, -0.2) is 64.6 Å². The van der Waals surface area contributed by atoms with Crippen LogP contribution < -0.4 is 15.7 Å². The molecule has 3 aromatic rings. The van der Waals surface area contributed by atoms with Gasteiger partial charge in [0.2, 0.25) is 0 Å². The maximum Gasteiger partial charge on any atom is 0.269 e. The fraction of sp³-hybridized carbons (Fsp3) is 0.419. The smallest absolute Gasteiger partial charge is 0.269 e. The maximum absolute atomic E-state index is 11.5. The summed E-state index contributed by atoms with van der Waals surface area (Å²) in [5.74, 6) is 0. The molecule has 1 N–H and O–H groups in total. The number of hydrogen-bond acceptors (Lipinski definition) is 6. The van der Waals surface area contributed by atoms with Crippen molar-refractivity contribution < 1.29 is 14.1 Å². The topological polar surface area (TPSA) is 76.9 Å². The molecule has 0 aliphatic carbocycles. The summed E-state index contributed by atoms with van der Waals surface area (Å²) in [6, 6.07) is 26.5. The lowest BCUT2D eigenvalue weighted by Crippen LogP contribution is -2.66. The molecule has 1 atom stereocenters. The number of likely N-dealkylation sites (N-methyl/N-ethyl adjacent to an activating group) is 1. The maximum atomic E-state index is 11.5. The summed E-state index contributed by atoms with van der Waals surface area (Å²) in [4.78, 5) is 13.4. The van der Waals surface area contributed by atoms with E-state index >= 15 is 0 Å². The summed E-state index contributed by atoms with van der Waals surface area (Å²) in [5, 5.41) is 17.4. The van der Waals surface area contributed by atoms with Crippen molar-refractivity contribution in [3.8, 4) is 0 Å². The summed E-state index contributed by atoms with van der Waals surface area (Å²) < 4.78 is 13.0. The van der Waals surface area contributed by atoms with E-state index in [0.29, 0.717) is 26.2 Å².